The molecule has 0 atom stereocenters. The molecular weight excluding hydrogens is 182 g/mol. The van der Waals surface area contributed by atoms with E-state index in [-0.39, 0.29) is 5.56 Å². The summed E-state index contributed by atoms with van der Waals surface area (Å²) in [5, 5.41) is 12.1. The number of carbonyl (C=O) groups is 1. The van der Waals surface area contributed by atoms with Crippen LogP contribution in [0.5, 0.6) is 5.75 Å². The summed E-state index contributed by atoms with van der Waals surface area (Å²) in [5.41, 5.74) is 1.15. The Morgan fingerprint density at radius 3 is 3.14 bits per heavy atom. The first-order chi connectivity index (χ1) is 6.79. The Morgan fingerprint density at radius 1 is 1.50 bits per heavy atom. The fourth-order valence-corrected chi connectivity index (χ4v) is 1.51. The van der Waals surface area contributed by atoms with E-state index < -0.39 is 5.97 Å². The molecule has 0 radical (unpaired) electrons. The van der Waals surface area contributed by atoms with Gasteiger partial charge in [0.15, 0.2) is 0 Å². The number of hydrogen-bond donors (Lipinski definition) is 2. The van der Waals surface area contributed by atoms with E-state index in [0.717, 1.165) is 12.1 Å². The molecule has 14 heavy (non-hydrogen) atoms. The van der Waals surface area contributed by atoms with Gasteiger partial charge >= 0.3 is 5.97 Å². The normalized spacial score (nSPS) is 15.1. The lowest BCUT2D eigenvalue weighted by Gasteiger charge is -2.08. The van der Waals surface area contributed by atoms with Gasteiger partial charge in [-0.25, -0.2) is 4.79 Å². The van der Waals surface area contributed by atoms with Gasteiger partial charge in [-0.1, -0.05) is 12.1 Å². The summed E-state index contributed by atoms with van der Waals surface area (Å²) in [6.45, 7) is 1.92. The highest BCUT2D eigenvalue weighted by atomic mass is 16.5. The van der Waals surface area contributed by atoms with E-state index in [9.17, 15) is 4.79 Å². The van der Waals surface area contributed by atoms with Crippen molar-refractivity contribution in [2.45, 2.75) is 6.54 Å². The van der Waals surface area contributed by atoms with Gasteiger partial charge < -0.3 is 15.2 Å². The summed E-state index contributed by atoms with van der Waals surface area (Å²) < 4.78 is 5.40. The van der Waals surface area contributed by atoms with Crippen LogP contribution < -0.4 is 10.1 Å². The molecule has 1 heterocycles. The van der Waals surface area contributed by atoms with Gasteiger partial charge in [0, 0.05) is 18.7 Å². The molecule has 0 fully saturated rings. The molecule has 0 aromatic heterocycles. The largest absolute Gasteiger partial charge is 0.491 e. The molecule has 2 N–H and O–H groups in total. The third kappa shape index (κ3) is 1.56. The van der Waals surface area contributed by atoms with E-state index in [2.05, 4.69) is 5.32 Å². The van der Waals surface area contributed by atoms with Gasteiger partial charge in [-0.3, -0.25) is 0 Å². The number of ether oxygens (including phenoxy) is 1. The maximum absolute atomic E-state index is 10.9. The van der Waals surface area contributed by atoms with Crippen molar-refractivity contribution in [1.29, 1.82) is 0 Å². The molecule has 1 aliphatic heterocycles. The molecule has 0 saturated heterocycles. The summed E-state index contributed by atoms with van der Waals surface area (Å²) in [7, 11) is 0. The number of rotatable bonds is 1. The van der Waals surface area contributed by atoms with Crippen LogP contribution in [-0.2, 0) is 6.54 Å². The number of nitrogens with one attached hydrogen (secondary N) is 1. The third-order valence-corrected chi connectivity index (χ3v) is 2.17. The topological polar surface area (TPSA) is 58.6 Å². The van der Waals surface area contributed by atoms with Crippen LogP contribution in [0, 0.1) is 0 Å². The van der Waals surface area contributed by atoms with Crippen molar-refractivity contribution in [3.05, 3.63) is 29.3 Å². The Bertz CT molecular complexity index is 362. The van der Waals surface area contributed by atoms with Crippen molar-refractivity contribution in [2.75, 3.05) is 13.2 Å². The summed E-state index contributed by atoms with van der Waals surface area (Å²) in [6, 6.07) is 5.17. The number of fused-ring (bicyclic) bond motifs is 1. The first-order valence-corrected chi connectivity index (χ1v) is 4.48. The lowest BCUT2D eigenvalue weighted by Crippen LogP contribution is -2.16. The molecule has 0 saturated carbocycles. The standard InChI is InChI=1S/C10H11NO3/c12-10(13)8-3-1-2-7-6-11-4-5-14-9(7)8/h1-3,11H,4-6H2,(H,12,13). The minimum absolute atomic E-state index is 0.242. The fraction of sp³-hybridized carbons (Fsp3) is 0.300. The third-order valence-electron chi connectivity index (χ3n) is 2.17. The van der Waals surface area contributed by atoms with Gasteiger partial charge in [-0.05, 0) is 6.07 Å². The molecule has 0 spiro atoms. The monoisotopic (exact) mass is 193 g/mol. The van der Waals surface area contributed by atoms with Gasteiger partial charge in [-0.15, -0.1) is 0 Å². The van der Waals surface area contributed by atoms with Crippen LogP contribution in [0.4, 0.5) is 0 Å². The number of hydrogen-bond acceptors (Lipinski definition) is 3. The summed E-state index contributed by atoms with van der Waals surface area (Å²) >= 11 is 0. The van der Waals surface area contributed by atoms with Crippen molar-refractivity contribution >= 4 is 5.97 Å². The van der Waals surface area contributed by atoms with Crippen molar-refractivity contribution in [3.63, 3.8) is 0 Å². The Kier molecular flexibility index (Phi) is 2.37. The summed E-state index contributed by atoms with van der Waals surface area (Å²) in [5.74, 6) is -0.436. The van der Waals surface area contributed by atoms with Crippen molar-refractivity contribution < 1.29 is 14.6 Å². The fourth-order valence-electron chi connectivity index (χ4n) is 1.51. The number of para-hydroxylation sites is 1. The zero-order valence-corrected chi connectivity index (χ0v) is 7.62. The Hall–Kier alpha value is -1.55. The smallest absolute Gasteiger partial charge is 0.339 e. The van der Waals surface area contributed by atoms with Gasteiger partial charge in [0.1, 0.15) is 17.9 Å². The van der Waals surface area contributed by atoms with Crippen molar-refractivity contribution in [3.8, 4) is 5.75 Å². The van der Waals surface area contributed by atoms with Crippen LogP contribution in [0.3, 0.4) is 0 Å². The van der Waals surface area contributed by atoms with Crippen LogP contribution in [0.1, 0.15) is 15.9 Å². The highest BCUT2D eigenvalue weighted by Gasteiger charge is 2.16. The number of carboxylic acids is 1. The summed E-state index contributed by atoms with van der Waals surface area (Å²) in [4.78, 5) is 10.9. The molecule has 4 heteroatoms. The molecule has 1 aromatic carbocycles. The van der Waals surface area contributed by atoms with Crippen molar-refractivity contribution in [1.82, 2.24) is 5.32 Å². The van der Waals surface area contributed by atoms with Gasteiger partial charge in [0.2, 0.25) is 0 Å². The average Bonchev–Trinajstić information content (AvgIpc) is 2.41. The van der Waals surface area contributed by atoms with E-state index in [1.165, 1.54) is 0 Å². The van der Waals surface area contributed by atoms with Crippen LogP contribution >= 0.6 is 0 Å². The Morgan fingerprint density at radius 2 is 2.36 bits per heavy atom. The van der Waals surface area contributed by atoms with Gasteiger partial charge in [-0.2, -0.15) is 0 Å². The molecule has 0 bridgehead atoms. The molecule has 4 nitrogen and oxygen atoms in total. The second-order valence-electron chi connectivity index (χ2n) is 3.12. The van der Waals surface area contributed by atoms with Crippen LogP contribution in [0.25, 0.3) is 0 Å². The molecule has 0 amide bonds. The van der Waals surface area contributed by atoms with Crippen molar-refractivity contribution in [2.24, 2.45) is 0 Å². The van der Waals surface area contributed by atoms with Crippen LogP contribution in [0.2, 0.25) is 0 Å². The molecule has 2 rings (SSSR count). The molecule has 1 aromatic rings. The minimum atomic E-state index is -0.941. The van der Waals surface area contributed by atoms with E-state index >= 15 is 0 Å². The summed E-state index contributed by atoms with van der Waals surface area (Å²) in [6.07, 6.45) is 0. The van der Waals surface area contributed by atoms with E-state index in [4.69, 9.17) is 9.84 Å². The molecule has 1 aliphatic rings. The number of benzene rings is 1. The predicted molar refractivity (Wildman–Crippen MR) is 50.6 cm³/mol. The highest BCUT2D eigenvalue weighted by Crippen LogP contribution is 2.25. The van der Waals surface area contributed by atoms with E-state index in [1.54, 1.807) is 12.1 Å². The molecular formula is C10H11NO3. The highest BCUT2D eigenvalue weighted by molar-refractivity contribution is 5.91. The maximum atomic E-state index is 10.9. The lowest BCUT2D eigenvalue weighted by atomic mass is 10.1. The van der Waals surface area contributed by atoms with Gasteiger partial charge in [0.25, 0.3) is 0 Å². The minimum Gasteiger partial charge on any atom is -0.491 e. The quantitative estimate of drug-likeness (QED) is 0.694. The van der Waals surface area contributed by atoms with E-state index in [1.807, 2.05) is 6.07 Å². The SMILES string of the molecule is O=C(O)c1cccc2c1OCCNC2. The second-order valence-corrected chi connectivity index (χ2v) is 3.12. The Labute approximate surface area is 81.5 Å². The predicted octanol–water partition coefficient (Wildman–Crippen LogP) is 0.867. The van der Waals surface area contributed by atoms with E-state index in [0.29, 0.717) is 18.9 Å². The first kappa shape index (κ1) is 9.02. The number of aromatic carboxylic acids is 1. The van der Waals surface area contributed by atoms with Crippen LogP contribution in [0.15, 0.2) is 18.2 Å². The first-order valence-electron chi connectivity index (χ1n) is 4.48. The molecule has 74 valence electrons. The zero-order chi connectivity index (χ0) is 9.97. The average molecular weight is 193 g/mol. The number of carboxylic acid groups (broad SMARTS) is 1. The maximum Gasteiger partial charge on any atom is 0.339 e. The molecule has 0 aliphatic carbocycles. The zero-order valence-electron chi connectivity index (χ0n) is 7.62. The molecule has 0 unspecified atom stereocenters. The lowest BCUT2D eigenvalue weighted by molar-refractivity contribution is 0.0692. The second kappa shape index (κ2) is 3.67. The Balaban J connectivity index is 2.47. The van der Waals surface area contributed by atoms with Gasteiger partial charge in [0.05, 0.1) is 0 Å². The van der Waals surface area contributed by atoms with Crippen LogP contribution in [-0.4, -0.2) is 24.2 Å².